The quantitative estimate of drug-likeness (QED) is 0.833. The van der Waals surface area contributed by atoms with Crippen molar-refractivity contribution in [3.63, 3.8) is 0 Å². The number of thioether (sulfide) groups is 1. The number of rotatable bonds is 4. The van der Waals surface area contributed by atoms with E-state index in [1.54, 1.807) is 0 Å². The minimum Gasteiger partial charge on any atom is -0.392 e. The lowest BCUT2D eigenvalue weighted by molar-refractivity contribution is -0.129. The average molecular weight is 287 g/mol. The van der Waals surface area contributed by atoms with Crippen molar-refractivity contribution in [3.05, 3.63) is 0 Å². The van der Waals surface area contributed by atoms with Crippen LogP contribution in [0.3, 0.4) is 0 Å². The maximum absolute atomic E-state index is 10.7. The first-order valence-corrected chi connectivity index (χ1v) is 8.83. The van der Waals surface area contributed by atoms with E-state index in [0.29, 0.717) is 18.4 Å². The van der Waals surface area contributed by atoms with Crippen LogP contribution in [0, 0.1) is 17.8 Å². The van der Waals surface area contributed by atoms with Crippen LogP contribution in [0.5, 0.6) is 0 Å². The summed E-state index contributed by atoms with van der Waals surface area (Å²) in [4.78, 5) is 0. The topological polar surface area (TPSA) is 55.5 Å². The molecule has 3 atom stereocenters. The summed E-state index contributed by atoms with van der Waals surface area (Å²) in [5, 5.41) is 10.7. The van der Waals surface area contributed by atoms with Crippen molar-refractivity contribution in [1.82, 2.24) is 0 Å². The summed E-state index contributed by atoms with van der Waals surface area (Å²) >= 11 is 2.03. The van der Waals surface area contributed by atoms with Gasteiger partial charge in [0, 0.05) is 6.61 Å². The van der Waals surface area contributed by atoms with E-state index in [2.05, 4.69) is 13.8 Å². The lowest BCUT2D eigenvalue weighted by atomic mass is 9.74. The fourth-order valence-electron chi connectivity index (χ4n) is 3.60. The van der Waals surface area contributed by atoms with Gasteiger partial charge in [-0.25, -0.2) is 0 Å². The van der Waals surface area contributed by atoms with Gasteiger partial charge in [0.1, 0.15) is 0 Å². The minimum absolute atomic E-state index is 0.0608. The highest BCUT2D eigenvalue weighted by atomic mass is 32.2. The highest BCUT2D eigenvalue weighted by Gasteiger charge is 2.42. The highest BCUT2D eigenvalue weighted by Crippen LogP contribution is 2.42. The Morgan fingerprint density at radius 3 is 2.63 bits per heavy atom. The molecule has 2 saturated heterocycles. The molecule has 19 heavy (non-hydrogen) atoms. The monoisotopic (exact) mass is 287 g/mol. The average Bonchev–Trinajstić information content (AvgIpc) is 2.40. The molecule has 3 unspecified atom stereocenters. The van der Waals surface area contributed by atoms with Crippen LogP contribution in [0.2, 0.25) is 0 Å². The summed E-state index contributed by atoms with van der Waals surface area (Å²) in [5.74, 6) is 3.44. The van der Waals surface area contributed by atoms with Crippen LogP contribution in [0.15, 0.2) is 0 Å². The Morgan fingerprint density at radius 1 is 1.37 bits per heavy atom. The van der Waals surface area contributed by atoms with Gasteiger partial charge in [-0.05, 0) is 61.5 Å². The Hall–Kier alpha value is 0.230. The van der Waals surface area contributed by atoms with Crippen molar-refractivity contribution < 1.29 is 9.84 Å². The molecular formula is C15H29NO2S. The molecule has 0 radical (unpaired) electrons. The third kappa shape index (κ3) is 3.66. The van der Waals surface area contributed by atoms with Gasteiger partial charge in [0.2, 0.25) is 0 Å². The van der Waals surface area contributed by atoms with E-state index < -0.39 is 0 Å². The minimum atomic E-state index is -0.264. The van der Waals surface area contributed by atoms with E-state index in [1.165, 1.54) is 11.5 Å². The molecular weight excluding hydrogens is 258 g/mol. The van der Waals surface area contributed by atoms with Crippen molar-refractivity contribution in [2.24, 2.45) is 23.5 Å². The zero-order valence-corrected chi connectivity index (χ0v) is 13.1. The summed E-state index contributed by atoms with van der Waals surface area (Å²) in [5.41, 5.74) is 5.92. The van der Waals surface area contributed by atoms with Gasteiger partial charge in [-0.3, -0.25) is 0 Å². The van der Waals surface area contributed by atoms with Gasteiger partial charge < -0.3 is 15.6 Å². The number of hydrogen-bond donors (Lipinski definition) is 2. The molecule has 1 spiro atoms. The Balaban J connectivity index is 1.99. The summed E-state index contributed by atoms with van der Waals surface area (Å²) in [7, 11) is 0. The van der Waals surface area contributed by atoms with Crippen molar-refractivity contribution in [2.45, 2.75) is 51.2 Å². The summed E-state index contributed by atoms with van der Waals surface area (Å²) in [6.07, 6.45) is 4.04. The van der Waals surface area contributed by atoms with Gasteiger partial charge in [-0.1, -0.05) is 13.8 Å². The number of nitrogens with two attached hydrogens (primary N) is 1. The number of aliphatic hydroxyl groups is 1. The van der Waals surface area contributed by atoms with E-state index in [9.17, 15) is 5.11 Å². The molecule has 2 aliphatic rings. The number of ether oxygens (including phenoxy) is 1. The zero-order valence-electron chi connectivity index (χ0n) is 12.3. The molecule has 112 valence electrons. The maximum atomic E-state index is 10.7. The molecule has 0 saturated carbocycles. The maximum Gasteiger partial charge on any atom is 0.0701 e. The molecule has 2 fully saturated rings. The van der Waals surface area contributed by atoms with E-state index >= 15 is 0 Å². The van der Waals surface area contributed by atoms with Crippen LogP contribution in [0.25, 0.3) is 0 Å². The Morgan fingerprint density at radius 2 is 2.05 bits per heavy atom. The molecule has 0 aromatic heterocycles. The molecule has 0 bridgehead atoms. The van der Waals surface area contributed by atoms with Gasteiger partial charge in [0.15, 0.2) is 0 Å². The van der Waals surface area contributed by atoms with Crippen LogP contribution in [-0.4, -0.2) is 41.5 Å². The Kier molecular flexibility index (Phi) is 5.58. The fraction of sp³-hybridized carbons (Fsp3) is 1.00. The normalized spacial score (nSPS) is 30.5. The number of hydrogen-bond acceptors (Lipinski definition) is 4. The molecule has 2 rings (SSSR count). The molecule has 3 nitrogen and oxygen atoms in total. The van der Waals surface area contributed by atoms with Crippen molar-refractivity contribution in [1.29, 1.82) is 0 Å². The zero-order chi connectivity index (χ0) is 13.9. The first-order valence-electron chi connectivity index (χ1n) is 7.68. The molecule has 4 heteroatoms. The first kappa shape index (κ1) is 15.6. The highest BCUT2D eigenvalue weighted by molar-refractivity contribution is 7.99. The van der Waals surface area contributed by atoms with Crippen LogP contribution >= 0.6 is 11.8 Å². The summed E-state index contributed by atoms with van der Waals surface area (Å²) in [6, 6.07) is 0. The van der Waals surface area contributed by atoms with E-state index in [0.717, 1.165) is 32.3 Å². The predicted octanol–water partition coefficient (Wildman–Crippen LogP) is 2.27. The van der Waals surface area contributed by atoms with E-state index in [1.807, 2.05) is 11.8 Å². The van der Waals surface area contributed by atoms with E-state index in [4.69, 9.17) is 10.5 Å². The van der Waals surface area contributed by atoms with Crippen LogP contribution in [0.4, 0.5) is 0 Å². The molecule has 0 aromatic carbocycles. The van der Waals surface area contributed by atoms with Crippen LogP contribution in [0.1, 0.15) is 39.5 Å². The van der Waals surface area contributed by atoms with Gasteiger partial charge in [-0.2, -0.15) is 11.8 Å². The van der Waals surface area contributed by atoms with Crippen molar-refractivity contribution in [2.75, 3.05) is 24.7 Å². The second-order valence-corrected chi connectivity index (χ2v) is 7.76. The second-order valence-electron chi connectivity index (χ2n) is 6.53. The lowest BCUT2D eigenvalue weighted by Crippen LogP contribution is -2.48. The molecule has 0 aliphatic carbocycles. The second kappa shape index (κ2) is 6.79. The predicted molar refractivity (Wildman–Crippen MR) is 81.4 cm³/mol. The van der Waals surface area contributed by atoms with Crippen molar-refractivity contribution in [3.8, 4) is 0 Å². The lowest BCUT2D eigenvalue weighted by Gasteiger charge is -2.45. The molecule has 0 amide bonds. The van der Waals surface area contributed by atoms with Crippen LogP contribution in [-0.2, 0) is 4.74 Å². The molecule has 0 aromatic rings. The SMILES string of the molecule is CC(C)C(CN)C(O)C1CCOC2(CCSCC2)C1. The van der Waals surface area contributed by atoms with Gasteiger partial charge in [-0.15, -0.1) is 0 Å². The number of aliphatic hydroxyl groups excluding tert-OH is 1. The van der Waals surface area contributed by atoms with Gasteiger partial charge in [0.25, 0.3) is 0 Å². The third-order valence-electron chi connectivity index (χ3n) is 4.99. The Bertz CT molecular complexity index is 274. The van der Waals surface area contributed by atoms with Gasteiger partial charge >= 0.3 is 0 Å². The smallest absolute Gasteiger partial charge is 0.0701 e. The van der Waals surface area contributed by atoms with Crippen molar-refractivity contribution >= 4 is 11.8 Å². The standard InChI is InChI=1S/C15H29NO2S/c1-11(2)13(10-16)14(17)12-3-6-18-15(9-12)4-7-19-8-5-15/h11-14,17H,3-10,16H2,1-2H3. The summed E-state index contributed by atoms with van der Waals surface area (Å²) in [6.45, 7) is 5.71. The van der Waals surface area contributed by atoms with E-state index in [-0.39, 0.29) is 17.6 Å². The molecule has 3 N–H and O–H groups in total. The largest absolute Gasteiger partial charge is 0.392 e. The molecule has 2 heterocycles. The Labute approximate surface area is 121 Å². The first-order chi connectivity index (χ1) is 9.08. The molecule has 2 aliphatic heterocycles. The van der Waals surface area contributed by atoms with Gasteiger partial charge in [0.05, 0.1) is 11.7 Å². The third-order valence-corrected chi connectivity index (χ3v) is 5.97. The van der Waals surface area contributed by atoms with Crippen LogP contribution < -0.4 is 5.73 Å². The fourth-order valence-corrected chi connectivity index (χ4v) is 4.84. The summed E-state index contributed by atoms with van der Waals surface area (Å²) < 4.78 is 6.10.